The molecule has 0 unspecified atom stereocenters. The summed E-state index contributed by atoms with van der Waals surface area (Å²) < 4.78 is 1.90. The second-order valence-electron chi connectivity index (χ2n) is 4.65. The molecule has 0 saturated carbocycles. The van der Waals surface area contributed by atoms with Gasteiger partial charge in [-0.2, -0.15) is 0 Å². The standard InChI is InChI=1S/C15H16N4/c1-11-7-8-14(12(9-11)10-16-2)19-15-6-4-3-5-13(15)17-18-19/h3-9,16H,10H2,1-2H3. The van der Waals surface area contributed by atoms with Crippen molar-refractivity contribution in [3.05, 3.63) is 53.6 Å². The van der Waals surface area contributed by atoms with Gasteiger partial charge < -0.3 is 5.32 Å². The minimum Gasteiger partial charge on any atom is -0.316 e. The van der Waals surface area contributed by atoms with Crippen molar-refractivity contribution in [1.82, 2.24) is 20.3 Å². The highest BCUT2D eigenvalue weighted by Gasteiger charge is 2.09. The molecule has 1 aromatic heterocycles. The van der Waals surface area contributed by atoms with Gasteiger partial charge in [0.05, 0.1) is 11.2 Å². The molecule has 96 valence electrons. The molecular weight excluding hydrogens is 236 g/mol. The molecule has 0 aliphatic rings. The zero-order chi connectivity index (χ0) is 13.2. The van der Waals surface area contributed by atoms with E-state index in [1.165, 1.54) is 11.1 Å². The highest BCUT2D eigenvalue weighted by molar-refractivity contribution is 5.76. The molecule has 0 fully saturated rings. The molecule has 0 amide bonds. The maximum absolute atomic E-state index is 4.28. The summed E-state index contributed by atoms with van der Waals surface area (Å²) in [7, 11) is 1.95. The molecular formula is C15H16N4. The minimum absolute atomic E-state index is 0.811. The molecule has 4 nitrogen and oxygen atoms in total. The molecule has 0 radical (unpaired) electrons. The van der Waals surface area contributed by atoms with Gasteiger partial charge >= 0.3 is 0 Å². The Labute approximate surface area is 112 Å². The Morgan fingerprint density at radius 2 is 2.00 bits per heavy atom. The fourth-order valence-electron chi connectivity index (χ4n) is 2.30. The van der Waals surface area contributed by atoms with Crippen LogP contribution in [0.5, 0.6) is 0 Å². The molecule has 0 aliphatic carbocycles. The second-order valence-corrected chi connectivity index (χ2v) is 4.65. The van der Waals surface area contributed by atoms with Crippen LogP contribution in [-0.4, -0.2) is 22.0 Å². The molecule has 1 N–H and O–H groups in total. The van der Waals surface area contributed by atoms with E-state index < -0.39 is 0 Å². The summed E-state index contributed by atoms with van der Waals surface area (Å²) in [5.74, 6) is 0. The number of hydrogen-bond acceptors (Lipinski definition) is 3. The third-order valence-corrected chi connectivity index (χ3v) is 3.18. The molecule has 4 heteroatoms. The fourth-order valence-corrected chi connectivity index (χ4v) is 2.30. The minimum atomic E-state index is 0.811. The Kier molecular flexibility index (Phi) is 3.01. The number of nitrogens with zero attached hydrogens (tertiary/aromatic N) is 3. The summed E-state index contributed by atoms with van der Waals surface area (Å²) in [6, 6.07) is 14.4. The van der Waals surface area contributed by atoms with E-state index in [2.05, 4.69) is 40.8 Å². The van der Waals surface area contributed by atoms with E-state index in [0.29, 0.717) is 0 Å². The van der Waals surface area contributed by atoms with Gasteiger partial charge in [-0.25, -0.2) is 4.68 Å². The van der Waals surface area contributed by atoms with E-state index in [1.807, 2.05) is 36.0 Å². The van der Waals surface area contributed by atoms with Crippen LogP contribution in [0.25, 0.3) is 16.7 Å². The van der Waals surface area contributed by atoms with Gasteiger partial charge in [-0.05, 0) is 37.7 Å². The summed E-state index contributed by atoms with van der Waals surface area (Å²) in [6.45, 7) is 2.91. The first kappa shape index (κ1) is 11.9. The zero-order valence-corrected chi connectivity index (χ0v) is 11.1. The molecule has 3 rings (SSSR count). The van der Waals surface area contributed by atoms with Gasteiger partial charge in [0.25, 0.3) is 0 Å². The van der Waals surface area contributed by atoms with Gasteiger partial charge in [0.2, 0.25) is 0 Å². The topological polar surface area (TPSA) is 42.7 Å². The van der Waals surface area contributed by atoms with Crippen molar-refractivity contribution >= 4 is 11.0 Å². The van der Waals surface area contributed by atoms with Crippen LogP contribution < -0.4 is 5.32 Å². The van der Waals surface area contributed by atoms with Crippen LogP contribution in [0.1, 0.15) is 11.1 Å². The number of hydrogen-bond donors (Lipinski definition) is 1. The number of rotatable bonds is 3. The van der Waals surface area contributed by atoms with E-state index >= 15 is 0 Å². The number of fused-ring (bicyclic) bond motifs is 1. The summed E-state index contributed by atoms with van der Waals surface area (Å²) in [5, 5.41) is 11.7. The van der Waals surface area contributed by atoms with Gasteiger partial charge in [0, 0.05) is 6.54 Å². The number of benzene rings is 2. The Morgan fingerprint density at radius 3 is 2.84 bits per heavy atom. The SMILES string of the molecule is CNCc1cc(C)ccc1-n1nnc2ccccc21. The lowest BCUT2D eigenvalue weighted by Crippen LogP contribution is -2.10. The lowest BCUT2D eigenvalue weighted by atomic mass is 10.1. The van der Waals surface area contributed by atoms with Gasteiger partial charge in [0.15, 0.2) is 0 Å². The van der Waals surface area contributed by atoms with Crippen molar-refractivity contribution in [1.29, 1.82) is 0 Å². The first-order chi connectivity index (χ1) is 9.29. The average molecular weight is 252 g/mol. The number of aromatic nitrogens is 3. The van der Waals surface area contributed by atoms with Crippen LogP contribution in [-0.2, 0) is 6.54 Å². The summed E-state index contributed by atoms with van der Waals surface area (Å²) in [6.07, 6.45) is 0. The number of para-hydroxylation sites is 1. The molecule has 0 spiro atoms. The van der Waals surface area contributed by atoms with Crippen LogP contribution in [0, 0.1) is 6.92 Å². The van der Waals surface area contributed by atoms with E-state index in [0.717, 1.165) is 23.3 Å². The summed E-state index contributed by atoms with van der Waals surface area (Å²) in [5.41, 5.74) is 5.49. The van der Waals surface area contributed by atoms with Crippen LogP contribution in [0.2, 0.25) is 0 Å². The molecule has 19 heavy (non-hydrogen) atoms. The Balaban J connectivity index is 2.21. The molecule has 0 bridgehead atoms. The van der Waals surface area contributed by atoms with E-state index in [1.54, 1.807) is 0 Å². The van der Waals surface area contributed by atoms with E-state index in [-0.39, 0.29) is 0 Å². The maximum atomic E-state index is 4.28. The number of nitrogens with one attached hydrogen (secondary N) is 1. The van der Waals surface area contributed by atoms with Crippen molar-refractivity contribution < 1.29 is 0 Å². The van der Waals surface area contributed by atoms with Gasteiger partial charge in [-0.3, -0.25) is 0 Å². The fraction of sp³-hybridized carbons (Fsp3) is 0.200. The maximum Gasteiger partial charge on any atom is 0.113 e. The van der Waals surface area contributed by atoms with Crippen LogP contribution in [0.15, 0.2) is 42.5 Å². The highest BCUT2D eigenvalue weighted by Crippen LogP contribution is 2.20. The van der Waals surface area contributed by atoms with Crippen LogP contribution >= 0.6 is 0 Å². The van der Waals surface area contributed by atoms with Crippen molar-refractivity contribution in [2.75, 3.05) is 7.05 Å². The summed E-state index contributed by atoms with van der Waals surface area (Å²) >= 11 is 0. The van der Waals surface area contributed by atoms with Crippen molar-refractivity contribution in [3.8, 4) is 5.69 Å². The lowest BCUT2D eigenvalue weighted by molar-refractivity contribution is 0.774. The predicted molar refractivity (Wildman–Crippen MR) is 76.4 cm³/mol. The first-order valence-corrected chi connectivity index (χ1v) is 6.34. The largest absolute Gasteiger partial charge is 0.316 e. The third kappa shape index (κ3) is 2.11. The molecule has 0 atom stereocenters. The lowest BCUT2D eigenvalue weighted by Gasteiger charge is -2.10. The monoisotopic (exact) mass is 252 g/mol. The number of aryl methyl sites for hydroxylation is 1. The molecule has 0 aliphatic heterocycles. The Bertz CT molecular complexity index is 715. The summed E-state index contributed by atoms with van der Waals surface area (Å²) in [4.78, 5) is 0. The molecule has 1 heterocycles. The van der Waals surface area contributed by atoms with Gasteiger partial charge in [-0.1, -0.05) is 35.0 Å². The normalized spacial score (nSPS) is 11.1. The third-order valence-electron chi connectivity index (χ3n) is 3.18. The van der Waals surface area contributed by atoms with E-state index in [4.69, 9.17) is 0 Å². The molecule has 0 saturated heterocycles. The zero-order valence-electron chi connectivity index (χ0n) is 11.1. The van der Waals surface area contributed by atoms with Crippen molar-refractivity contribution in [2.45, 2.75) is 13.5 Å². The molecule has 3 aromatic rings. The highest BCUT2D eigenvalue weighted by atomic mass is 15.4. The second kappa shape index (κ2) is 4.82. The Morgan fingerprint density at radius 1 is 1.16 bits per heavy atom. The van der Waals surface area contributed by atoms with Crippen LogP contribution in [0.4, 0.5) is 0 Å². The average Bonchev–Trinajstić information content (AvgIpc) is 2.83. The smallest absolute Gasteiger partial charge is 0.113 e. The van der Waals surface area contributed by atoms with Crippen molar-refractivity contribution in [3.63, 3.8) is 0 Å². The van der Waals surface area contributed by atoms with Gasteiger partial charge in [0.1, 0.15) is 5.52 Å². The predicted octanol–water partition coefficient (Wildman–Crippen LogP) is 2.45. The Hall–Kier alpha value is -2.20. The quantitative estimate of drug-likeness (QED) is 0.778. The first-order valence-electron chi connectivity index (χ1n) is 6.34. The van der Waals surface area contributed by atoms with E-state index in [9.17, 15) is 0 Å². The molecule has 2 aromatic carbocycles. The van der Waals surface area contributed by atoms with Crippen LogP contribution in [0.3, 0.4) is 0 Å². The van der Waals surface area contributed by atoms with Gasteiger partial charge in [-0.15, -0.1) is 5.10 Å². The van der Waals surface area contributed by atoms with Crippen molar-refractivity contribution in [2.24, 2.45) is 0 Å².